The molecule has 0 saturated carbocycles. The van der Waals surface area contributed by atoms with Crippen LogP contribution in [0, 0.1) is 0 Å². The molecule has 3 heteroatoms. The molecule has 2 aromatic carbocycles. The van der Waals surface area contributed by atoms with Gasteiger partial charge < -0.3 is 0 Å². The van der Waals surface area contributed by atoms with E-state index in [0.29, 0.717) is 0 Å². The van der Waals surface area contributed by atoms with Crippen molar-refractivity contribution in [2.45, 2.75) is 19.8 Å². The van der Waals surface area contributed by atoms with Gasteiger partial charge in [0.15, 0.2) is 0 Å². The average Bonchev–Trinajstić information content (AvgIpc) is 2.46. The molecule has 19 heavy (non-hydrogen) atoms. The minimum Gasteiger partial charge on any atom is -0.278 e. The van der Waals surface area contributed by atoms with Gasteiger partial charge in [-0.15, -0.1) is 0 Å². The molecule has 0 aliphatic carbocycles. The van der Waals surface area contributed by atoms with Crippen LogP contribution in [-0.4, -0.2) is 5.71 Å². The fourth-order valence-corrected chi connectivity index (χ4v) is 1.91. The minimum absolute atomic E-state index is 0.728. The molecule has 0 aliphatic heterocycles. The number of hydrazone groups is 1. The smallest absolute Gasteiger partial charge is 0.0679 e. The molecular weight excluding hydrogens is 256 g/mol. The number of benzene rings is 2. The van der Waals surface area contributed by atoms with Crippen LogP contribution in [-0.2, 0) is 0 Å². The average molecular weight is 273 g/mol. The Morgan fingerprint density at radius 3 is 2.37 bits per heavy atom. The lowest BCUT2D eigenvalue weighted by Gasteiger charge is -2.07. The largest absolute Gasteiger partial charge is 0.278 e. The van der Waals surface area contributed by atoms with Crippen LogP contribution in [0.15, 0.2) is 59.7 Å². The first-order valence-corrected chi connectivity index (χ1v) is 6.81. The maximum Gasteiger partial charge on any atom is 0.0679 e. The van der Waals surface area contributed by atoms with Crippen molar-refractivity contribution in [3.8, 4) is 0 Å². The lowest BCUT2D eigenvalue weighted by Crippen LogP contribution is -2.04. The van der Waals surface area contributed by atoms with E-state index < -0.39 is 0 Å². The summed E-state index contributed by atoms with van der Waals surface area (Å²) in [7, 11) is 0. The molecule has 0 bridgehead atoms. The highest BCUT2D eigenvalue weighted by Crippen LogP contribution is 2.14. The SMILES string of the molecule is CCC/C(=N/Nc1ccc(Cl)cc1)c1ccccc1. The molecule has 0 fully saturated rings. The summed E-state index contributed by atoms with van der Waals surface area (Å²) in [5.41, 5.74) is 6.25. The van der Waals surface area contributed by atoms with Crippen molar-refractivity contribution in [3.63, 3.8) is 0 Å². The van der Waals surface area contributed by atoms with Crippen LogP contribution in [0.4, 0.5) is 5.69 Å². The highest BCUT2D eigenvalue weighted by Gasteiger charge is 2.01. The molecule has 98 valence electrons. The lowest BCUT2D eigenvalue weighted by molar-refractivity contribution is 0.988. The Morgan fingerprint density at radius 1 is 1.05 bits per heavy atom. The summed E-state index contributed by atoms with van der Waals surface area (Å²) in [4.78, 5) is 0. The van der Waals surface area contributed by atoms with Crippen LogP contribution in [0.5, 0.6) is 0 Å². The molecule has 0 radical (unpaired) electrons. The van der Waals surface area contributed by atoms with E-state index in [1.54, 1.807) is 0 Å². The summed E-state index contributed by atoms with van der Waals surface area (Å²) in [5, 5.41) is 5.24. The van der Waals surface area contributed by atoms with Gasteiger partial charge in [0.2, 0.25) is 0 Å². The number of nitrogens with zero attached hydrogens (tertiary/aromatic N) is 1. The maximum absolute atomic E-state index is 5.86. The molecule has 0 unspecified atom stereocenters. The van der Waals surface area contributed by atoms with Crippen molar-refractivity contribution >= 4 is 23.0 Å². The summed E-state index contributed by atoms with van der Waals surface area (Å²) >= 11 is 5.86. The zero-order valence-corrected chi connectivity index (χ0v) is 11.7. The molecule has 2 nitrogen and oxygen atoms in total. The molecule has 1 N–H and O–H groups in total. The van der Waals surface area contributed by atoms with Crippen molar-refractivity contribution in [1.82, 2.24) is 0 Å². The molecule has 2 rings (SSSR count). The number of rotatable bonds is 5. The number of halogens is 1. The second-order valence-electron chi connectivity index (χ2n) is 4.29. The molecule has 0 aromatic heterocycles. The lowest BCUT2D eigenvalue weighted by atomic mass is 10.1. The first kappa shape index (κ1) is 13.6. The van der Waals surface area contributed by atoms with Crippen LogP contribution in [0.1, 0.15) is 25.3 Å². The van der Waals surface area contributed by atoms with Crippen molar-refractivity contribution in [3.05, 3.63) is 65.2 Å². The second-order valence-corrected chi connectivity index (χ2v) is 4.73. The van der Waals surface area contributed by atoms with Gasteiger partial charge in [-0.2, -0.15) is 5.10 Å². The molecule has 0 aliphatic rings. The van der Waals surface area contributed by atoms with Crippen LogP contribution >= 0.6 is 11.6 Å². The van der Waals surface area contributed by atoms with Crippen molar-refractivity contribution in [2.75, 3.05) is 5.43 Å². The first-order chi connectivity index (χ1) is 9.29. The molecule has 0 atom stereocenters. The monoisotopic (exact) mass is 272 g/mol. The molecule has 0 amide bonds. The Balaban J connectivity index is 2.15. The zero-order valence-electron chi connectivity index (χ0n) is 10.9. The Labute approximate surface area is 119 Å². The predicted molar refractivity (Wildman–Crippen MR) is 83.0 cm³/mol. The molecule has 0 saturated heterocycles. The van der Waals surface area contributed by atoms with E-state index in [4.69, 9.17) is 11.6 Å². The summed E-state index contributed by atoms with van der Waals surface area (Å²) in [5.74, 6) is 0. The highest BCUT2D eigenvalue weighted by molar-refractivity contribution is 6.30. The van der Waals surface area contributed by atoms with Crippen molar-refractivity contribution in [2.24, 2.45) is 5.10 Å². The molecule has 0 spiro atoms. The van der Waals surface area contributed by atoms with Gasteiger partial charge in [-0.3, -0.25) is 5.43 Å². The first-order valence-electron chi connectivity index (χ1n) is 6.43. The second kappa shape index (κ2) is 6.95. The van der Waals surface area contributed by atoms with Crippen LogP contribution < -0.4 is 5.43 Å². The van der Waals surface area contributed by atoms with Crippen molar-refractivity contribution < 1.29 is 0 Å². The Morgan fingerprint density at radius 2 is 1.74 bits per heavy atom. The quantitative estimate of drug-likeness (QED) is 0.604. The Bertz CT molecular complexity index is 532. The van der Waals surface area contributed by atoms with Gasteiger partial charge in [0.25, 0.3) is 0 Å². The standard InChI is InChI=1S/C16H17ClN2/c1-2-6-16(13-7-4-3-5-8-13)19-18-15-11-9-14(17)10-12-15/h3-5,7-12,18H,2,6H2,1H3/b19-16-. The summed E-state index contributed by atoms with van der Waals surface area (Å²) in [6.07, 6.45) is 2.01. The summed E-state index contributed by atoms with van der Waals surface area (Å²) in [6.45, 7) is 2.15. The van der Waals surface area contributed by atoms with E-state index in [-0.39, 0.29) is 0 Å². The van der Waals surface area contributed by atoms with Crippen LogP contribution in [0.3, 0.4) is 0 Å². The van der Waals surface area contributed by atoms with Gasteiger partial charge in [-0.25, -0.2) is 0 Å². The number of hydrogen-bond donors (Lipinski definition) is 1. The topological polar surface area (TPSA) is 24.4 Å². The number of hydrogen-bond acceptors (Lipinski definition) is 2. The van der Waals surface area contributed by atoms with E-state index in [1.807, 2.05) is 42.5 Å². The fourth-order valence-electron chi connectivity index (χ4n) is 1.79. The molecular formula is C16H17ClN2. The van der Waals surface area contributed by atoms with E-state index in [9.17, 15) is 0 Å². The third kappa shape index (κ3) is 4.11. The third-order valence-electron chi connectivity index (χ3n) is 2.76. The van der Waals surface area contributed by atoms with Gasteiger partial charge in [0, 0.05) is 5.02 Å². The number of anilines is 1. The van der Waals surface area contributed by atoms with Crippen LogP contribution in [0.2, 0.25) is 5.02 Å². The zero-order chi connectivity index (χ0) is 13.5. The fraction of sp³-hybridized carbons (Fsp3) is 0.188. The highest BCUT2D eigenvalue weighted by atomic mass is 35.5. The predicted octanol–water partition coefficient (Wildman–Crippen LogP) is 4.96. The minimum atomic E-state index is 0.728. The van der Waals surface area contributed by atoms with Crippen LogP contribution in [0.25, 0.3) is 0 Å². The van der Waals surface area contributed by atoms with E-state index in [2.05, 4.69) is 29.6 Å². The Kier molecular flexibility index (Phi) is 4.99. The van der Waals surface area contributed by atoms with E-state index >= 15 is 0 Å². The third-order valence-corrected chi connectivity index (χ3v) is 3.01. The number of nitrogens with one attached hydrogen (secondary N) is 1. The van der Waals surface area contributed by atoms with Crippen molar-refractivity contribution in [1.29, 1.82) is 0 Å². The Hall–Kier alpha value is -1.80. The van der Waals surface area contributed by atoms with Gasteiger partial charge in [0.1, 0.15) is 0 Å². The van der Waals surface area contributed by atoms with Gasteiger partial charge >= 0.3 is 0 Å². The van der Waals surface area contributed by atoms with E-state index in [0.717, 1.165) is 34.8 Å². The van der Waals surface area contributed by atoms with Gasteiger partial charge in [0.05, 0.1) is 11.4 Å². The normalized spacial score (nSPS) is 11.4. The van der Waals surface area contributed by atoms with Gasteiger partial charge in [-0.1, -0.05) is 55.3 Å². The summed E-state index contributed by atoms with van der Waals surface area (Å²) in [6, 6.07) is 17.8. The van der Waals surface area contributed by atoms with E-state index in [1.165, 1.54) is 0 Å². The molecule has 0 heterocycles. The van der Waals surface area contributed by atoms with Gasteiger partial charge in [-0.05, 0) is 36.2 Å². The maximum atomic E-state index is 5.86. The molecule has 2 aromatic rings. The summed E-state index contributed by atoms with van der Waals surface area (Å²) < 4.78 is 0.